The van der Waals surface area contributed by atoms with Crippen molar-refractivity contribution in [3.63, 3.8) is 0 Å². The number of fused-ring (bicyclic) bond motifs is 1. The molecule has 31 heavy (non-hydrogen) atoms. The van der Waals surface area contributed by atoms with Crippen molar-refractivity contribution < 1.29 is 28.3 Å². The molecular formula is C23H24N2O6. The first-order chi connectivity index (χ1) is 15.2. The first-order valence-corrected chi connectivity index (χ1v) is 10.1. The molecule has 2 aromatic carbocycles. The largest absolute Gasteiger partial charge is 0.494 e. The number of rotatable bonds is 10. The maximum atomic E-state index is 12.0. The van der Waals surface area contributed by atoms with Gasteiger partial charge in [0.1, 0.15) is 18.1 Å². The number of aromatic nitrogens is 1. The molecular weight excluding hydrogens is 400 g/mol. The van der Waals surface area contributed by atoms with Crippen molar-refractivity contribution in [2.75, 3.05) is 26.6 Å². The van der Waals surface area contributed by atoms with Crippen molar-refractivity contribution in [1.29, 1.82) is 0 Å². The van der Waals surface area contributed by atoms with E-state index in [1.54, 1.807) is 6.07 Å². The van der Waals surface area contributed by atoms with Gasteiger partial charge in [-0.05, 0) is 49.2 Å². The van der Waals surface area contributed by atoms with Crippen LogP contribution >= 0.6 is 0 Å². The molecule has 0 aliphatic carbocycles. The number of nitrogens with zero attached hydrogens (tertiary/aromatic N) is 1. The second-order valence-corrected chi connectivity index (χ2v) is 6.92. The summed E-state index contributed by atoms with van der Waals surface area (Å²) in [6.07, 6.45) is 0.736. The molecule has 1 amide bonds. The highest BCUT2D eigenvalue weighted by molar-refractivity contribution is 5.77. The van der Waals surface area contributed by atoms with Gasteiger partial charge in [0.25, 0.3) is 0 Å². The van der Waals surface area contributed by atoms with Crippen molar-refractivity contribution in [2.24, 2.45) is 0 Å². The monoisotopic (exact) mass is 424 g/mol. The Bertz CT molecular complexity index is 1020. The molecule has 0 spiro atoms. The van der Waals surface area contributed by atoms with Crippen molar-refractivity contribution in [1.82, 2.24) is 10.5 Å². The predicted octanol–water partition coefficient (Wildman–Crippen LogP) is 3.34. The molecule has 1 aliphatic rings. The van der Waals surface area contributed by atoms with Crippen molar-refractivity contribution in [3.8, 4) is 28.6 Å². The number of hydrogen-bond donors (Lipinski definition) is 1. The fourth-order valence-electron chi connectivity index (χ4n) is 3.13. The normalized spacial score (nSPS) is 12.0. The molecule has 162 valence electrons. The van der Waals surface area contributed by atoms with Gasteiger partial charge in [0.05, 0.1) is 13.2 Å². The van der Waals surface area contributed by atoms with Gasteiger partial charge in [-0.3, -0.25) is 4.79 Å². The van der Waals surface area contributed by atoms with E-state index in [4.69, 9.17) is 23.5 Å². The average Bonchev–Trinajstić information content (AvgIpc) is 3.44. The summed E-state index contributed by atoms with van der Waals surface area (Å²) in [6, 6.07) is 15.2. The Kier molecular flexibility index (Phi) is 6.68. The van der Waals surface area contributed by atoms with E-state index in [-0.39, 0.29) is 25.9 Å². The standard InChI is InChI=1S/C23H24N2O6/c1-2-28-19-6-3-16(4-7-19)9-10-24-23(26)14-27-13-18-12-21(31-25-18)17-5-8-20-22(11-17)30-15-29-20/h3-8,11-12H,2,9-10,13-15H2,1H3,(H,24,26). The molecule has 4 rings (SSSR count). The average molecular weight is 424 g/mol. The lowest BCUT2D eigenvalue weighted by Gasteiger charge is -2.07. The highest BCUT2D eigenvalue weighted by Gasteiger charge is 2.16. The second kappa shape index (κ2) is 9.99. The van der Waals surface area contributed by atoms with Gasteiger partial charge in [-0.15, -0.1) is 0 Å². The Balaban J connectivity index is 1.17. The smallest absolute Gasteiger partial charge is 0.246 e. The lowest BCUT2D eigenvalue weighted by molar-refractivity contribution is -0.126. The van der Waals surface area contributed by atoms with Crippen LogP contribution in [0.5, 0.6) is 17.2 Å². The summed E-state index contributed by atoms with van der Waals surface area (Å²) in [5.41, 5.74) is 2.56. The molecule has 8 nitrogen and oxygen atoms in total. The first kappa shape index (κ1) is 20.7. The molecule has 0 saturated carbocycles. The summed E-state index contributed by atoms with van der Waals surface area (Å²) in [6.45, 7) is 3.48. The molecule has 0 fully saturated rings. The molecule has 0 bridgehead atoms. The topological polar surface area (TPSA) is 92.1 Å². The molecule has 0 saturated heterocycles. The number of amides is 1. The lowest BCUT2D eigenvalue weighted by atomic mass is 10.1. The quantitative estimate of drug-likeness (QED) is 0.534. The van der Waals surface area contributed by atoms with E-state index in [1.807, 2.05) is 49.4 Å². The Morgan fingerprint density at radius 3 is 2.77 bits per heavy atom. The zero-order valence-corrected chi connectivity index (χ0v) is 17.3. The SMILES string of the molecule is CCOc1ccc(CCNC(=O)COCc2cc(-c3ccc4c(c3)OCO4)on2)cc1. The van der Waals surface area contributed by atoms with Crippen LogP contribution in [0.15, 0.2) is 53.1 Å². The van der Waals surface area contributed by atoms with Gasteiger partial charge in [-0.1, -0.05) is 17.3 Å². The molecule has 1 aliphatic heterocycles. The fraction of sp³-hybridized carbons (Fsp3) is 0.304. The van der Waals surface area contributed by atoms with E-state index in [2.05, 4.69) is 10.5 Å². The fourth-order valence-corrected chi connectivity index (χ4v) is 3.13. The van der Waals surface area contributed by atoms with Crippen LogP contribution < -0.4 is 19.5 Å². The number of hydrogen-bond acceptors (Lipinski definition) is 7. The summed E-state index contributed by atoms with van der Waals surface area (Å²) in [7, 11) is 0. The van der Waals surface area contributed by atoms with Crippen LogP contribution in [0.1, 0.15) is 18.2 Å². The maximum Gasteiger partial charge on any atom is 0.246 e. The second-order valence-electron chi connectivity index (χ2n) is 6.92. The molecule has 0 radical (unpaired) electrons. The molecule has 1 N–H and O–H groups in total. The van der Waals surface area contributed by atoms with E-state index >= 15 is 0 Å². The van der Waals surface area contributed by atoms with Crippen LogP contribution in [0, 0.1) is 0 Å². The van der Waals surface area contributed by atoms with Gasteiger partial charge < -0.3 is 28.8 Å². The lowest BCUT2D eigenvalue weighted by Crippen LogP contribution is -2.29. The van der Waals surface area contributed by atoms with Crippen LogP contribution in [0.2, 0.25) is 0 Å². The maximum absolute atomic E-state index is 12.0. The summed E-state index contributed by atoms with van der Waals surface area (Å²) in [5.74, 6) is 2.65. The van der Waals surface area contributed by atoms with Gasteiger partial charge in [-0.2, -0.15) is 0 Å². The Labute approximate surface area is 180 Å². The van der Waals surface area contributed by atoms with Crippen LogP contribution in [0.3, 0.4) is 0 Å². The Morgan fingerprint density at radius 2 is 1.94 bits per heavy atom. The molecule has 0 unspecified atom stereocenters. The van der Waals surface area contributed by atoms with E-state index in [1.165, 1.54) is 0 Å². The van der Waals surface area contributed by atoms with Crippen LogP contribution in [-0.2, 0) is 22.6 Å². The summed E-state index contributed by atoms with van der Waals surface area (Å²) >= 11 is 0. The number of carbonyl (C=O) groups is 1. The number of carbonyl (C=O) groups excluding carboxylic acids is 1. The van der Waals surface area contributed by atoms with E-state index in [0.29, 0.717) is 36.1 Å². The van der Waals surface area contributed by atoms with Crippen molar-refractivity contribution >= 4 is 5.91 Å². The number of ether oxygens (including phenoxy) is 4. The molecule has 3 aromatic rings. The van der Waals surface area contributed by atoms with Gasteiger partial charge in [0.15, 0.2) is 17.3 Å². The highest BCUT2D eigenvalue weighted by atomic mass is 16.7. The zero-order valence-electron chi connectivity index (χ0n) is 17.3. The summed E-state index contributed by atoms with van der Waals surface area (Å²) < 4.78 is 26.9. The third-order valence-corrected chi connectivity index (χ3v) is 4.67. The molecule has 0 atom stereocenters. The number of nitrogens with one attached hydrogen (secondary N) is 1. The van der Waals surface area contributed by atoms with Gasteiger partial charge in [-0.25, -0.2) is 0 Å². The van der Waals surface area contributed by atoms with Gasteiger partial charge in [0, 0.05) is 18.2 Å². The molecule has 1 aromatic heterocycles. The van der Waals surface area contributed by atoms with Crippen molar-refractivity contribution in [3.05, 3.63) is 59.8 Å². The minimum absolute atomic E-state index is 0.0461. The van der Waals surface area contributed by atoms with Crippen molar-refractivity contribution in [2.45, 2.75) is 20.0 Å². The molecule has 2 heterocycles. The van der Waals surface area contributed by atoms with E-state index < -0.39 is 0 Å². The third kappa shape index (κ3) is 5.55. The Hall–Kier alpha value is -3.52. The van der Waals surface area contributed by atoms with Crippen LogP contribution in [-0.4, -0.2) is 37.6 Å². The molecule has 8 heteroatoms. The zero-order chi connectivity index (χ0) is 21.5. The third-order valence-electron chi connectivity index (χ3n) is 4.67. The highest BCUT2D eigenvalue weighted by Crippen LogP contribution is 2.36. The minimum atomic E-state index is -0.176. The van der Waals surface area contributed by atoms with Gasteiger partial charge in [0.2, 0.25) is 12.7 Å². The van der Waals surface area contributed by atoms with Crippen LogP contribution in [0.25, 0.3) is 11.3 Å². The Morgan fingerprint density at radius 1 is 1.10 bits per heavy atom. The summed E-state index contributed by atoms with van der Waals surface area (Å²) in [5, 5.41) is 6.84. The number of benzene rings is 2. The predicted molar refractivity (Wildman–Crippen MR) is 112 cm³/mol. The summed E-state index contributed by atoms with van der Waals surface area (Å²) in [4.78, 5) is 12.0. The minimum Gasteiger partial charge on any atom is -0.494 e. The van der Waals surface area contributed by atoms with Crippen LogP contribution in [0.4, 0.5) is 0 Å². The van der Waals surface area contributed by atoms with E-state index in [0.717, 1.165) is 23.3 Å². The first-order valence-electron chi connectivity index (χ1n) is 10.1. The van der Waals surface area contributed by atoms with Gasteiger partial charge >= 0.3 is 0 Å². The van der Waals surface area contributed by atoms with E-state index in [9.17, 15) is 4.79 Å².